The summed E-state index contributed by atoms with van der Waals surface area (Å²) in [6.07, 6.45) is 1.58. The zero-order valence-electron chi connectivity index (χ0n) is 8.36. The van der Waals surface area contributed by atoms with Crippen molar-refractivity contribution in [2.75, 3.05) is 0 Å². The van der Waals surface area contributed by atoms with Gasteiger partial charge in [0.05, 0.1) is 0 Å². The molecule has 0 heterocycles. The highest BCUT2D eigenvalue weighted by Crippen LogP contribution is 2.22. The first kappa shape index (κ1) is 9.59. The molecule has 0 saturated heterocycles. The lowest BCUT2D eigenvalue weighted by atomic mass is 9.98. The highest BCUT2D eigenvalue weighted by Gasteiger charge is 2.05. The van der Waals surface area contributed by atoms with Gasteiger partial charge >= 0.3 is 0 Å². The Bertz CT molecular complexity index is 541. The van der Waals surface area contributed by atoms with Crippen LogP contribution in [0.5, 0.6) is 0 Å². The third-order valence-corrected chi connectivity index (χ3v) is 2.44. The van der Waals surface area contributed by atoms with Gasteiger partial charge in [-0.2, -0.15) is 0 Å². The summed E-state index contributed by atoms with van der Waals surface area (Å²) in [7, 11) is 0. The van der Waals surface area contributed by atoms with Crippen LogP contribution in [0, 0.1) is 6.92 Å². The van der Waals surface area contributed by atoms with Gasteiger partial charge in [-0.3, -0.25) is 9.59 Å². The van der Waals surface area contributed by atoms with E-state index in [1.165, 1.54) is 0 Å². The maximum Gasteiger partial charge on any atom is 0.150 e. The molecule has 2 aromatic carbocycles. The predicted molar refractivity (Wildman–Crippen MR) is 59.5 cm³/mol. The van der Waals surface area contributed by atoms with Gasteiger partial charge in [0.2, 0.25) is 0 Å². The van der Waals surface area contributed by atoms with E-state index >= 15 is 0 Å². The van der Waals surface area contributed by atoms with Crippen molar-refractivity contribution in [3.05, 3.63) is 47.0 Å². The van der Waals surface area contributed by atoms with Crippen molar-refractivity contribution >= 4 is 23.3 Å². The lowest BCUT2D eigenvalue weighted by Gasteiger charge is -2.05. The van der Waals surface area contributed by atoms with E-state index in [1.54, 1.807) is 12.1 Å². The molecule has 0 bridgehead atoms. The Labute approximate surface area is 87.5 Å². The fourth-order valence-electron chi connectivity index (χ4n) is 1.84. The van der Waals surface area contributed by atoms with Gasteiger partial charge in [-0.25, -0.2) is 0 Å². The topological polar surface area (TPSA) is 34.1 Å². The third kappa shape index (κ3) is 1.54. The van der Waals surface area contributed by atoms with Crippen molar-refractivity contribution in [1.82, 2.24) is 0 Å². The maximum absolute atomic E-state index is 10.9. The number of fused-ring (bicyclic) bond motifs is 1. The Morgan fingerprint density at radius 1 is 1.00 bits per heavy atom. The highest BCUT2D eigenvalue weighted by molar-refractivity contribution is 6.07. The molecule has 0 aliphatic carbocycles. The Hall–Kier alpha value is -1.96. The van der Waals surface area contributed by atoms with Crippen molar-refractivity contribution in [1.29, 1.82) is 0 Å². The second-order valence-electron chi connectivity index (χ2n) is 3.54. The lowest BCUT2D eigenvalue weighted by molar-refractivity contribution is 0.112. The zero-order valence-corrected chi connectivity index (χ0v) is 8.36. The summed E-state index contributed by atoms with van der Waals surface area (Å²) in [4.78, 5) is 21.8. The largest absolute Gasteiger partial charge is 0.298 e. The van der Waals surface area contributed by atoms with Crippen molar-refractivity contribution < 1.29 is 9.59 Å². The first-order chi connectivity index (χ1) is 7.26. The van der Waals surface area contributed by atoms with E-state index < -0.39 is 0 Å². The first-order valence-electron chi connectivity index (χ1n) is 4.70. The fourth-order valence-corrected chi connectivity index (χ4v) is 1.84. The normalized spacial score (nSPS) is 10.2. The second kappa shape index (κ2) is 3.65. The van der Waals surface area contributed by atoms with Crippen molar-refractivity contribution in [2.24, 2.45) is 0 Å². The summed E-state index contributed by atoms with van der Waals surface area (Å²) < 4.78 is 0. The minimum atomic E-state index is 0.564. The number of carbonyl (C=O) groups excluding carboxylic acids is 2. The number of hydrogen-bond donors (Lipinski definition) is 0. The molecule has 0 unspecified atom stereocenters. The average molecular weight is 198 g/mol. The number of aldehydes is 2. The Balaban J connectivity index is 2.96. The van der Waals surface area contributed by atoms with Gasteiger partial charge in [-0.1, -0.05) is 24.3 Å². The van der Waals surface area contributed by atoms with Crippen LogP contribution in [0.2, 0.25) is 0 Å². The van der Waals surface area contributed by atoms with Crippen molar-refractivity contribution in [2.45, 2.75) is 6.92 Å². The molecule has 0 aliphatic rings. The van der Waals surface area contributed by atoms with Crippen LogP contribution in [-0.2, 0) is 0 Å². The number of hydrogen-bond acceptors (Lipinski definition) is 2. The van der Waals surface area contributed by atoms with Crippen LogP contribution in [0.1, 0.15) is 26.3 Å². The van der Waals surface area contributed by atoms with Crippen LogP contribution in [0.15, 0.2) is 30.3 Å². The van der Waals surface area contributed by atoms with Crippen molar-refractivity contribution in [3.8, 4) is 0 Å². The Kier molecular flexibility index (Phi) is 2.34. The van der Waals surface area contributed by atoms with Crippen molar-refractivity contribution in [3.63, 3.8) is 0 Å². The molecule has 0 atom stereocenters. The van der Waals surface area contributed by atoms with Gasteiger partial charge in [-0.15, -0.1) is 0 Å². The number of carbonyl (C=O) groups is 2. The first-order valence-corrected chi connectivity index (χ1v) is 4.70. The molecule has 0 aromatic heterocycles. The van der Waals surface area contributed by atoms with E-state index in [-0.39, 0.29) is 0 Å². The Morgan fingerprint density at radius 3 is 2.40 bits per heavy atom. The third-order valence-electron chi connectivity index (χ3n) is 2.44. The van der Waals surface area contributed by atoms with E-state index in [4.69, 9.17) is 0 Å². The molecular formula is C13H10O2. The molecule has 2 heteroatoms. The van der Waals surface area contributed by atoms with Gasteiger partial charge in [0.15, 0.2) is 12.6 Å². The van der Waals surface area contributed by atoms with E-state index in [0.29, 0.717) is 11.1 Å². The van der Waals surface area contributed by atoms with Gasteiger partial charge in [-0.05, 0) is 23.9 Å². The summed E-state index contributed by atoms with van der Waals surface area (Å²) in [6, 6.07) is 9.21. The zero-order chi connectivity index (χ0) is 10.8. The van der Waals surface area contributed by atoms with E-state index in [2.05, 4.69) is 0 Å². The molecule has 74 valence electrons. The molecule has 0 radical (unpaired) electrons. The predicted octanol–water partition coefficient (Wildman–Crippen LogP) is 2.77. The lowest BCUT2D eigenvalue weighted by Crippen LogP contribution is -1.91. The molecule has 2 aromatic rings. The Morgan fingerprint density at radius 2 is 1.73 bits per heavy atom. The maximum atomic E-state index is 10.9. The van der Waals surface area contributed by atoms with Gasteiger partial charge < -0.3 is 0 Å². The monoisotopic (exact) mass is 198 g/mol. The highest BCUT2D eigenvalue weighted by atomic mass is 16.1. The molecule has 2 rings (SSSR count). The number of benzene rings is 2. The summed E-state index contributed by atoms with van der Waals surface area (Å²) in [5.74, 6) is 0. The molecule has 2 nitrogen and oxygen atoms in total. The van der Waals surface area contributed by atoms with Crippen LogP contribution in [0.25, 0.3) is 10.8 Å². The molecule has 0 amide bonds. The molecule has 0 aliphatic heterocycles. The fraction of sp³-hybridized carbons (Fsp3) is 0.0769. The molecule has 0 spiro atoms. The molecule has 0 saturated carbocycles. The van der Waals surface area contributed by atoms with Gasteiger partial charge in [0.25, 0.3) is 0 Å². The van der Waals surface area contributed by atoms with Crippen LogP contribution in [0.4, 0.5) is 0 Å². The quantitative estimate of drug-likeness (QED) is 0.695. The molecule has 15 heavy (non-hydrogen) atoms. The van der Waals surface area contributed by atoms with Crippen LogP contribution in [0.3, 0.4) is 0 Å². The SMILES string of the molecule is Cc1cc(C=O)c2c(C=O)cccc2c1. The summed E-state index contributed by atoms with van der Waals surface area (Å²) in [5, 5.41) is 1.68. The number of aryl methyl sites for hydroxylation is 1. The standard InChI is InChI=1S/C13H10O2/c1-9-5-10-3-2-4-11(7-14)13(10)12(6-9)8-15/h2-8H,1H3. The summed E-state index contributed by atoms with van der Waals surface area (Å²) >= 11 is 0. The van der Waals surface area contributed by atoms with E-state index in [9.17, 15) is 9.59 Å². The minimum Gasteiger partial charge on any atom is -0.298 e. The second-order valence-corrected chi connectivity index (χ2v) is 3.54. The molecule has 0 fully saturated rings. The van der Waals surface area contributed by atoms with Gasteiger partial charge in [0.1, 0.15) is 0 Å². The average Bonchev–Trinajstić information content (AvgIpc) is 2.26. The van der Waals surface area contributed by atoms with E-state index in [0.717, 1.165) is 28.9 Å². The van der Waals surface area contributed by atoms with Crippen LogP contribution < -0.4 is 0 Å². The van der Waals surface area contributed by atoms with Crippen LogP contribution in [-0.4, -0.2) is 12.6 Å². The molecular weight excluding hydrogens is 188 g/mol. The summed E-state index contributed by atoms with van der Waals surface area (Å²) in [6.45, 7) is 1.93. The minimum absolute atomic E-state index is 0.564. The smallest absolute Gasteiger partial charge is 0.150 e. The van der Waals surface area contributed by atoms with Gasteiger partial charge in [0, 0.05) is 16.5 Å². The number of rotatable bonds is 2. The van der Waals surface area contributed by atoms with Crippen LogP contribution >= 0.6 is 0 Å². The summed E-state index contributed by atoms with van der Waals surface area (Å²) in [5.41, 5.74) is 2.16. The van der Waals surface area contributed by atoms with E-state index in [1.807, 2.05) is 25.1 Å². The molecule has 0 N–H and O–H groups in total.